The van der Waals surface area contributed by atoms with Crippen LogP contribution in [0.5, 0.6) is 0 Å². The molecule has 2 heterocycles. The van der Waals surface area contributed by atoms with Crippen LogP contribution in [0.2, 0.25) is 0 Å². The molecule has 2 aliphatic heterocycles. The molecule has 0 aromatic heterocycles. The summed E-state index contributed by atoms with van der Waals surface area (Å²) in [7, 11) is 0. The molecule has 1 fully saturated rings. The molecule has 2 aliphatic rings. The predicted molar refractivity (Wildman–Crippen MR) is 143 cm³/mol. The Hall–Kier alpha value is -0.540. The highest BCUT2D eigenvalue weighted by Crippen LogP contribution is 2.24. The van der Waals surface area contributed by atoms with E-state index in [-0.39, 0.29) is 0 Å². The maximum absolute atomic E-state index is 6.18. The smallest absolute Gasteiger partial charge is 0.125 e. The molecule has 0 N–H and O–H groups in total. The summed E-state index contributed by atoms with van der Waals surface area (Å²) < 4.78 is 0. The van der Waals surface area contributed by atoms with E-state index in [1.165, 1.54) is 116 Å². The lowest BCUT2D eigenvalue weighted by Crippen LogP contribution is -2.45. The maximum atomic E-state index is 6.18. The number of hydrogen-bond acceptors (Lipinski definition) is 3. The van der Waals surface area contributed by atoms with E-state index in [0.717, 1.165) is 43.0 Å². The summed E-state index contributed by atoms with van der Waals surface area (Å²) in [6, 6.07) is 0.758. The van der Waals surface area contributed by atoms with E-state index in [0.29, 0.717) is 0 Å². The molecule has 0 aliphatic carbocycles. The van der Waals surface area contributed by atoms with E-state index in [9.17, 15) is 0 Å². The number of piperidine rings is 1. The molecular weight excluding hydrogens is 414 g/mol. The van der Waals surface area contributed by atoms with Crippen molar-refractivity contribution < 1.29 is 0 Å². The Kier molecular flexibility index (Phi) is 15.5. The van der Waals surface area contributed by atoms with Gasteiger partial charge in [-0.05, 0) is 51.3 Å². The quantitative estimate of drug-likeness (QED) is 0.189. The number of hydrogen-bond donors (Lipinski definition) is 0. The second kappa shape index (κ2) is 17.9. The first kappa shape index (κ1) is 27.7. The molecule has 0 saturated carbocycles. The Labute approximate surface area is 205 Å². The first-order valence-corrected chi connectivity index (χ1v) is 14.5. The van der Waals surface area contributed by atoms with Crippen LogP contribution in [0, 0.1) is 0 Å². The van der Waals surface area contributed by atoms with Crippen molar-refractivity contribution in [2.24, 2.45) is 4.99 Å². The van der Waals surface area contributed by atoms with Crippen LogP contribution in [0.15, 0.2) is 16.9 Å². The summed E-state index contributed by atoms with van der Waals surface area (Å²) in [6.07, 6.45) is 26.6. The van der Waals surface area contributed by atoms with Crippen molar-refractivity contribution in [1.29, 1.82) is 0 Å². The average molecular weight is 466 g/mol. The van der Waals surface area contributed by atoms with Gasteiger partial charge in [0.1, 0.15) is 11.0 Å². The van der Waals surface area contributed by atoms with E-state index in [1.54, 1.807) is 0 Å². The van der Waals surface area contributed by atoms with Crippen LogP contribution in [0.1, 0.15) is 129 Å². The highest BCUT2D eigenvalue weighted by atomic mass is 35.5. The van der Waals surface area contributed by atoms with Gasteiger partial charge >= 0.3 is 0 Å². The van der Waals surface area contributed by atoms with Crippen molar-refractivity contribution in [2.45, 2.75) is 135 Å². The van der Waals surface area contributed by atoms with E-state index >= 15 is 0 Å². The Morgan fingerprint density at radius 3 is 1.91 bits per heavy atom. The van der Waals surface area contributed by atoms with Crippen LogP contribution in [0.4, 0.5) is 0 Å². The SMILES string of the molecule is CCCCCCCCCCCCCCN(CCCC)C1CCN(C2=CCCC(Cl)=N2)CC1. The Morgan fingerprint density at radius 2 is 1.34 bits per heavy atom. The normalized spacial score (nSPS) is 17.7. The first-order valence-electron chi connectivity index (χ1n) is 14.2. The fourth-order valence-electron chi connectivity index (χ4n) is 5.20. The van der Waals surface area contributed by atoms with E-state index in [4.69, 9.17) is 11.6 Å². The van der Waals surface area contributed by atoms with Crippen molar-refractivity contribution in [2.75, 3.05) is 26.2 Å². The molecule has 1 saturated heterocycles. The first-order chi connectivity index (χ1) is 15.7. The predicted octanol–water partition coefficient (Wildman–Crippen LogP) is 8.53. The van der Waals surface area contributed by atoms with Crippen LogP contribution in [-0.4, -0.2) is 47.2 Å². The number of aliphatic imine (C=N–C) groups is 1. The largest absolute Gasteiger partial charge is 0.357 e. The molecule has 0 aromatic rings. The van der Waals surface area contributed by atoms with Gasteiger partial charge in [0.05, 0.1) is 0 Å². The Morgan fingerprint density at radius 1 is 0.812 bits per heavy atom. The summed E-state index contributed by atoms with van der Waals surface area (Å²) in [6.45, 7) is 9.47. The Bertz CT molecular complexity index is 523. The maximum Gasteiger partial charge on any atom is 0.125 e. The fraction of sp³-hybridized carbons (Fsp3) is 0.893. The van der Waals surface area contributed by atoms with E-state index in [1.807, 2.05) is 0 Å². The monoisotopic (exact) mass is 465 g/mol. The number of likely N-dealkylation sites (tertiary alicyclic amines) is 1. The lowest BCUT2D eigenvalue weighted by molar-refractivity contribution is 0.119. The lowest BCUT2D eigenvalue weighted by atomic mass is 10.0. The zero-order valence-electron chi connectivity index (χ0n) is 21.4. The third kappa shape index (κ3) is 11.5. The van der Waals surface area contributed by atoms with Gasteiger partial charge in [0.15, 0.2) is 0 Å². The van der Waals surface area contributed by atoms with Gasteiger partial charge in [-0.15, -0.1) is 0 Å². The minimum absolute atomic E-state index is 0.758. The zero-order valence-corrected chi connectivity index (χ0v) is 22.2. The van der Waals surface area contributed by atoms with Crippen LogP contribution < -0.4 is 0 Å². The van der Waals surface area contributed by atoms with Crippen LogP contribution in [0.25, 0.3) is 0 Å². The molecule has 0 aromatic carbocycles. The molecule has 0 amide bonds. The van der Waals surface area contributed by atoms with Gasteiger partial charge in [-0.1, -0.05) is 102 Å². The van der Waals surface area contributed by atoms with Crippen LogP contribution in [-0.2, 0) is 0 Å². The summed E-state index contributed by atoms with van der Waals surface area (Å²) in [4.78, 5) is 9.87. The van der Waals surface area contributed by atoms with Crippen molar-refractivity contribution in [3.05, 3.63) is 11.9 Å². The summed E-state index contributed by atoms with van der Waals surface area (Å²) in [5.41, 5.74) is 0. The van der Waals surface area contributed by atoms with Crippen LogP contribution in [0.3, 0.4) is 0 Å². The van der Waals surface area contributed by atoms with Gasteiger partial charge in [-0.25, -0.2) is 4.99 Å². The van der Waals surface area contributed by atoms with Crippen LogP contribution >= 0.6 is 11.6 Å². The van der Waals surface area contributed by atoms with E-state index < -0.39 is 0 Å². The molecule has 0 unspecified atom stereocenters. The molecule has 4 heteroatoms. The second-order valence-electron chi connectivity index (χ2n) is 10.1. The summed E-state index contributed by atoms with van der Waals surface area (Å²) in [5, 5.41) is 0.779. The number of unbranched alkanes of at least 4 members (excludes halogenated alkanes) is 12. The van der Waals surface area contributed by atoms with Crippen molar-refractivity contribution in [1.82, 2.24) is 9.80 Å². The minimum atomic E-state index is 0.758. The van der Waals surface area contributed by atoms with Gasteiger partial charge in [0.2, 0.25) is 0 Å². The lowest BCUT2D eigenvalue weighted by Gasteiger charge is -2.40. The molecule has 0 radical (unpaired) electrons. The zero-order chi connectivity index (χ0) is 22.9. The van der Waals surface area contributed by atoms with E-state index in [2.05, 4.69) is 34.7 Å². The number of allylic oxidation sites excluding steroid dienone is 1. The molecule has 32 heavy (non-hydrogen) atoms. The van der Waals surface area contributed by atoms with Gasteiger partial charge in [0, 0.05) is 25.6 Å². The molecule has 186 valence electrons. The fourth-order valence-corrected chi connectivity index (χ4v) is 5.40. The van der Waals surface area contributed by atoms with Gasteiger partial charge < -0.3 is 9.80 Å². The molecule has 0 atom stereocenters. The van der Waals surface area contributed by atoms with Crippen molar-refractivity contribution in [3.8, 4) is 0 Å². The Balaban J connectivity index is 1.56. The van der Waals surface area contributed by atoms with Crippen molar-refractivity contribution >= 4 is 16.8 Å². The summed E-state index contributed by atoms with van der Waals surface area (Å²) >= 11 is 6.18. The topological polar surface area (TPSA) is 18.8 Å². The number of nitrogens with zero attached hydrogens (tertiary/aromatic N) is 3. The molecule has 0 bridgehead atoms. The average Bonchev–Trinajstić information content (AvgIpc) is 2.82. The molecular formula is C28H52ClN3. The van der Waals surface area contributed by atoms with Crippen molar-refractivity contribution in [3.63, 3.8) is 0 Å². The van der Waals surface area contributed by atoms with Gasteiger partial charge in [0.25, 0.3) is 0 Å². The highest BCUT2D eigenvalue weighted by molar-refractivity contribution is 6.65. The standard InChI is InChI=1S/C28H52ClN3/c1-3-5-7-8-9-10-11-12-13-14-15-16-23-31(22-6-4-2)26-20-24-32(25-21-26)28-19-17-18-27(29)30-28/h19,26H,3-18,20-25H2,1-2H3. The number of halogens is 1. The second-order valence-corrected chi connectivity index (χ2v) is 10.5. The van der Waals surface area contributed by atoms with Gasteiger partial charge in [-0.3, -0.25) is 0 Å². The summed E-state index contributed by atoms with van der Waals surface area (Å²) in [5.74, 6) is 1.13. The van der Waals surface area contributed by atoms with Gasteiger partial charge in [-0.2, -0.15) is 0 Å². The third-order valence-electron chi connectivity index (χ3n) is 7.32. The minimum Gasteiger partial charge on any atom is -0.357 e. The number of rotatable bonds is 18. The third-order valence-corrected chi connectivity index (χ3v) is 7.59. The molecule has 2 rings (SSSR count). The molecule has 0 spiro atoms. The highest BCUT2D eigenvalue weighted by Gasteiger charge is 2.25. The molecule has 3 nitrogen and oxygen atoms in total.